The normalized spacial score (nSPS) is 19.0. The number of carbonyl (C=O) groups excluding carboxylic acids is 3. The van der Waals surface area contributed by atoms with Gasteiger partial charge in [0.2, 0.25) is 0 Å². The van der Waals surface area contributed by atoms with Gasteiger partial charge in [-0.25, -0.2) is 4.79 Å². The Hall–Kier alpha value is -5.14. The Morgan fingerprint density at radius 3 is 1.34 bits per heavy atom. The molecule has 6 atom stereocenters. The van der Waals surface area contributed by atoms with Gasteiger partial charge >= 0.3 is 23.9 Å². The summed E-state index contributed by atoms with van der Waals surface area (Å²) in [4.78, 5) is 51.1. The van der Waals surface area contributed by atoms with Gasteiger partial charge in [0.1, 0.15) is 18.8 Å². The average Bonchev–Trinajstić information content (AvgIpc) is 3.42. The average molecular weight is 1070 g/mol. The number of aliphatic carboxylic acids is 1. The molecule has 0 spiro atoms. The molecule has 0 aliphatic carbocycles. The monoisotopic (exact) mass is 1070 g/mol. The van der Waals surface area contributed by atoms with E-state index in [9.17, 15) is 34.5 Å². The summed E-state index contributed by atoms with van der Waals surface area (Å²) in [5, 5.41) is 31.5. The number of carbonyl (C=O) groups is 4. The summed E-state index contributed by atoms with van der Waals surface area (Å²) in [6, 6.07) is 0. The summed E-state index contributed by atoms with van der Waals surface area (Å²) in [6.07, 6.45) is 60.1. The molecular weight excluding hydrogens is 973 g/mol. The maximum Gasteiger partial charge on any atom is 0.335 e. The highest BCUT2D eigenvalue weighted by Crippen LogP contribution is 2.26. The molecule has 77 heavy (non-hydrogen) atoms. The van der Waals surface area contributed by atoms with Gasteiger partial charge in [0.05, 0.1) is 6.61 Å². The zero-order valence-electron chi connectivity index (χ0n) is 47.4. The van der Waals surface area contributed by atoms with Gasteiger partial charge in [-0.15, -0.1) is 0 Å². The molecule has 0 aromatic carbocycles. The molecule has 0 aromatic heterocycles. The van der Waals surface area contributed by atoms with Crippen LogP contribution in [0.4, 0.5) is 0 Å². The fourth-order valence-corrected chi connectivity index (χ4v) is 7.79. The summed E-state index contributed by atoms with van der Waals surface area (Å²) < 4.78 is 28.3. The van der Waals surface area contributed by atoms with Crippen LogP contribution in [0.1, 0.15) is 201 Å². The zero-order valence-corrected chi connectivity index (χ0v) is 47.4. The lowest BCUT2D eigenvalue weighted by Gasteiger charge is -2.40. The third-order valence-electron chi connectivity index (χ3n) is 12.2. The number of carboxylic acid groups (broad SMARTS) is 1. The molecule has 3 N–H and O–H groups in total. The van der Waals surface area contributed by atoms with Gasteiger partial charge < -0.3 is 39.0 Å². The van der Waals surface area contributed by atoms with Crippen LogP contribution < -0.4 is 0 Å². The van der Waals surface area contributed by atoms with Crippen LogP contribution in [0.15, 0.2) is 134 Å². The van der Waals surface area contributed by atoms with Crippen LogP contribution in [0, 0.1) is 0 Å². The van der Waals surface area contributed by atoms with Crippen LogP contribution in [-0.2, 0) is 42.9 Å². The maximum atomic E-state index is 13.1. The fraction of sp³-hybridized carbons (Fsp3) is 0.600. The quantitative estimate of drug-likeness (QED) is 0.0228. The molecule has 1 saturated heterocycles. The van der Waals surface area contributed by atoms with Crippen molar-refractivity contribution in [2.24, 2.45) is 0 Å². The van der Waals surface area contributed by atoms with Gasteiger partial charge in [-0.05, 0) is 122 Å². The van der Waals surface area contributed by atoms with Crippen molar-refractivity contribution in [2.75, 3.05) is 13.2 Å². The Morgan fingerprint density at radius 1 is 0.442 bits per heavy atom. The summed E-state index contributed by atoms with van der Waals surface area (Å²) in [5.74, 6) is -3.32. The minimum atomic E-state index is -1.94. The molecule has 6 unspecified atom stereocenters. The number of hydrogen-bond acceptors (Lipinski definition) is 11. The maximum absolute atomic E-state index is 13.1. The molecule has 0 bridgehead atoms. The van der Waals surface area contributed by atoms with Crippen LogP contribution in [0.3, 0.4) is 0 Å². The van der Waals surface area contributed by atoms with Gasteiger partial charge in [-0.2, -0.15) is 0 Å². The van der Waals surface area contributed by atoms with Crippen molar-refractivity contribution >= 4 is 23.9 Å². The second kappa shape index (κ2) is 51.6. The molecular formula is C65H100O12. The highest BCUT2D eigenvalue weighted by Gasteiger charge is 2.50. The third-order valence-corrected chi connectivity index (χ3v) is 12.2. The first-order chi connectivity index (χ1) is 37.6. The highest BCUT2D eigenvalue weighted by atomic mass is 16.7. The van der Waals surface area contributed by atoms with Gasteiger partial charge in [0.25, 0.3) is 0 Å². The molecule has 1 fully saturated rings. The Kier molecular flexibility index (Phi) is 46.8. The predicted octanol–water partition coefficient (Wildman–Crippen LogP) is 15.0. The van der Waals surface area contributed by atoms with Crippen molar-refractivity contribution in [3.8, 4) is 0 Å². The minimum absolute atomic E-state index is 0.0769. The van der Waals surface area contributed by atoms with Crippen LogP contribution >= 0.6 is 0 Å². The van der Waals surface area contributed by atoms with Gasteiger partial charge in [0.15, 0.2) is 24.6 Å². The van der Waals surface area contributed by atoms with E-state index in [-0.39, 0.29) is 25.9 Å². The van der Waals surface area contributed by atoms with Crippen LogP contribution in [0.2, 0.25) is 0 Å². The summed E-state index contributed by atoms with van der Waals surface area (Å²) in [6.45, 7) is 5.65. The summed E-state index contributed by atoms with van der Waals surface area (Å²) >= 11 is 0. The van der Waals surface area contributed by atoms with E-state index in [2.05, 4.69) is 136 Å². The van der Waals surface area contributed by atoms with Crippen molar-refractivity contribution in [2.45, 2.75) is 237 Å². The zero-order chi connectivity index (χ0) is 56.1. The number of carboxylic acids is 1. The summed E-state index contributed by atoms with van der Waals surface area (Å²) in [7, 11) is 0. The Balaban J connectivity index is 2.78. The predicted molar refractivity (Wildman–Crippen MR) is 312 cm³/mol. The second-order valence-electron chi connectivity index (χ2n) is 19.2. The Bertz CT molecular complexity index is 1850. The smallest absolute Gasteiger partial charge is 0.335 e. The molecule has 12 heteroatoms. The third kappa shape index (κ3) is 41.6. The Labute approximate surface area is 464 Å². The molecule has 0 saturated carbocycles. The summed E-state index contributed by atoms with van der Waals surface area (Å²) in [5.41, 5.74) is 0. The van der Waals surface area contributed by atoms with E-state index < -0.39 is 67.3 Å². The molecule has 1 aliphatic heterocycles. The number of allylic oxidation sites excluding steroid dienone is 22. The van der Waals surface area contributed by atoms with E-state index >= 15 is 0 Å². The van der Waals surface area contributed by atoms with E-state index in [1.165, 1.54) is 25.7 Å². The molecule has 1 rings (SSSR count). The first kappa shape index (κ1) is 69.9. The van der Waals surface area contributed by atoms with E-state index in [0.717, 1.165) is 109 Å². The topological polar surface area (TPSA) is 175 Å². The van der Waals surface area contributed by atoms with E-state index in [1.54, 1.807) is 0 Å². The number of hydrogen-bond donors (Lipinski definition) is 3. The SMILES string of the molecule is CC/C=C\C/C=C\C/C=C\C/C=C\C/C=C\C/C=C\CCC(=O)OC1C(OCC(COC(=O)CCCC/C=C\C/C=C\C/C=C\C/C=C\CC)OC(=O)CCCCCCC/C=C\CCCCCC)OC(C(=O)O)C(O)C1O. The number of esters is 3. The first-order valence-electron chi connectivity index (χ1n) is 29.2. The Morgan fingerprint density at radius 2 is 0.844 bits per heavy atom. The van der Waals surface area contributed by atoms with Crippen molar-refractivity contribution in [3.05, 3.63) is 134 Å². The van der Waals surface area contributed by atoms with E-state index in [1.807, 2.05) is 18.2 Å². The molecule has 0 aromatic rings. The van der Waals surface area contributed by atoms with Crippen LogP contribution in [0.25, 0.3) is 0 Å². The number of ether oxygens (including phenoxy) is 5. The molecule has 0 amide bonds. The van der Waals surface area contributed by atoms with Crippen LogP contribution in [-0.4, -0.2) is 89.2 Å². The van der Waals surface area contributed by atoms with E-state index in [4.69, 9.17) is 23.7 Å². The molecule has 432 valence electrons. The van der Waals surface area contributed by atoms with Crippen molar-refractivity contribution in [1.29, 1.82) is 0 Å². The largest absolute Gasteiger partial charge is 0.479 e. The number of rotatable bonds is 47. The highest BCUT2D eigenvalue weighted by molar-refractivity contribution is 5.74. The first-order valence-corrected chi connectivity index (χ1v) is 29.2. The fourth-order valence-electron chi connectivity index (χ4n) is 7.79. The molecule has 0 radical (unpaired) electrons. The lowest BCUT2D eigenvalue weighted by atomic mass is 9.98. The number of aliphatic hydroxyl groups excluding tert-OH is 2. The van der Waals surface area contributed by atoms with E-state index in [0.29, 0.717) is 25.7 Å². The lowest BCUT2D eigenvalue weighted by molar-refractivity contribution is -0.301. The van der Waals surface area contributed by atoms with Gasteiger partial charge in [-0.3, -0.25) is 14.4 Å². The molecule has 1 aliphatic rings. The lowest BCUT2D eigenvalue weighted by Crippen LogP contribution is -2.61. The minimum Gasteiger partial charge on any atom is -0.479 e. The standard InChI is InChI=1S/C65H100O12/c1-4-7-10-13-16-19-22-25-27-28-29-30-32-35-38-41-44-47-50-53-59(68)76-63-61(70)60(69)62(64(71)72)77-65(63)74-55-56(75-58(67)52-49-46-43-40-37-33-24-21-18-15-12-9-6-3)54-73-57(66)51-48-45-42-39-36-34-31-26-23-20-17-14-11-8-5-2/h7-8,10-11,16-17,19-21,24-27,29-31,35-36,38-39,44,47,56,60-63,65,69-70H,4-6,9,12-15,18,22-23,28,32-34,37,40-43,45-46,48-55H2,1-3H3,(H,71,72)/b10-7-,11-8-,19-16-,20-17-,24-21-,27-25-,30-29-,31-26-,38-35-,39-36-,47-44-. The van der Waals surface area contributed by atoms with Gasteiger partial charge in [-0.1, -0.05) is 193 Å². The number of unbranched alkanes of at least 4 members (excludes halogenated alkanes) is 11. The van der Waals surface area contributed by atoms with Crippen molar-refractivity contribution in [3.63, 3.8) is 0 Å². The molecule has 12 nitrogen and oxygen atoms in total. The molecule has 1 heterocycles. The van der Waals surface area contributed by atoms with Crippen molar-refractivity contribution in [1.82, 2.24) is 0 Å². The number of aliphatic hydroxyl groups is 2. The van der Waals surface area contributed by atoms with Gasteiger partial charge in [0, 0.05) is 19.3 Å². The van der Waals surface area contributed by atoms with Crippen LogP contribution in [0.5, 0.6) is 0 Å². The van der Waals surface area contributed by atoms with Crippen molar-refractivity contribution < 1.29 is 58.2 Å². The second-order valence-corrected chi connectivity index (χ2v) is 19.2.